The number of carbonyl (C=O) groups excluding carboxylic acids is 1. The molecule has 0 saturated heterocycles. The summed E-state index contributed by atoms with van der Waals surface area (Å²) >= 11 is 6.10. The van der Waals surface area contributed by atoms with Crippen LogP contribution in [0.2, 0.25) is 5.02 Å². The third kappa shape index (κ3) is 3.85. The number of aromatic amines is 1. The Hall–Kier alpha value is -2.74. The van der Waals surface area contributed by atoms with Gasteiger partial charge in [0.1, 0.15) is 0 Å². The smallest absolute Gasteiger partial charge is 0.361 e. The zero-order chi connectivity index (χ0) is 18.0. The number of carbonyl (C=O) groups is 1. The van der Waals surface area contributed by atoms with Gasteiger partial charge in [-0.15, -0.1) is 0 Å². The third-order valence-corrected chi connectivity index (χ3v) is 3.80. The minimum atomic E-state index is -4.53. The van der Waals surface area contributed by atoms with Crippen molar-refractivity contribution < 1.29 is 18.0 Å². The summed E-state index contributed by atoms with van der Waals surface area (Å²) in [5, 5.41) is 6.13. The minimum absolute atomic E-state index is 0.261. The van der Waals surface area contributed by atoms with Crippen LogP contribution in [0.25, 0.3) is 10.9 Å². The number of amides is 2. The van der Waals surface area contributed by atoms with Gasteiger partial charge >= 0.3 is 12.2 Å². The lowest BCUT2D eigenvalue weighted by atomic mass is 10.2. The van der Waals surface area contributed by atoms with Crippen molar-refractivity contribution in [3.05, 3.63) is 59.0 Å². The zero-order valence-corrected chi connectivity index (χ0v) is 13.4. The maximum Gasteiger partial charge on any atom is 0.418 e. The van der Waals surface area contributed by atoms with Crippen molar-refractivity contribution in [3.63, 3.8) is 0 Å². The normalized spacial score (nSPS) is 11.5. The van der Waals surface area contributed by atoms with E-state index in [1.54, 1.807) is 24.4 Å². The van der Waals surface area contributed by atoms with Gasteiger partial charge in [0.05, 0.1) is 22.8 Å². The highest BCUT2D eigenvalue weighted by atomic mass is 35.5. The Balaban J connectivity index is 1.69. The minimum Gasteiger partial charge on any atom is -0.361 e. The second kappa shape index (κ2) is 6.64. The van der Waals surface area contributed by atoms with E-state index in [1.807, 2.05) is 0 Å². The first-order chi connectivity index (χ1) is 11.8. The Kier molecular flexibility index (Phi) is 4.54. The van der Waals surface area contributed by atoms with Crippen LogP contribution in [0, 0.1) is 0 Å². The molecule has 1 aromatic carbocycles. The van der Waals surface area contributed by atoms with E-state index in [0.29, 0.717) is 10.7 Å². The first kappa shape index (κ1) is 17.1. The van der Waals surface area contributed by atoms with Gasteiger partial charge < -0.3 is 15.6 Å². The van der Waals surface area contributed by atoms with E-state index in [9.17, 15) is 18.0 Å². The van der Waals surface area contributed by atoms with Crippen LogP contribution in [0.1, 0.15) is 11.3 Å². The molecule has 2 aromatic heterocycles. The highest BCUT2D eigenvalue weighted by Gasteiger charge is 2.33. The molecule has 0 radical (unpaired) electrons. The fourth-order valence-corrected chi connectivity index (χ4v) is 2.65. The largest absolute Gasteiger partial charge is 0.418 e. The van der Waals surface area contributed by atoms with Gasteiger partial charge in [-0.1, -0.05) is 11.6 Å². The molecule has 0 fully saturated rings. The number of H-pyrrole nitrogens is 1. The zero-order valence-electron chi connectivity index (χ0n) is 12.6. The predicted octanol–water partition coefficient (Wildman–Crippen LogP) is 4.56. The van der Waals surface area contributed by atoms with E-state index in [-0.39, 0.29) is 12.2 Å². The van der Waals surface area contributed by atoms with Crippen molar-refractivity contribution in [3.8, 4) is 0 Å². The number of halogens is 4. The number of hydrogen-bond acceptors (Lipinski definition) is 2. The summed E-state index contributed by atoms with van der Waals surface area (Å²) < 4.78 is 38.7. The molecule has 0 unspecified atom stereocenters. The van der Waals surface area contributed by atoms with E-state index in [2.05, 4.69) is 20.6 Å². The van der Waals surface area contributed by atoms with Crippen molar-refractivity contribution >= 4 is 34.2 Å². The van der Waals surface area contributed by atoms with Crippen LogP contribution in [-0.4, -0.2) is 16.0 Å². The number of urea groups is 1. The molecule has 0 aliphatic heterocycles. The lowest BCUT2D eigenvalue weighted by Crippen LogP contribution is -2.29. The summed E-state index contributed by atoms with van der Waals surface area (Å²) in [4.78, 5) is 18.6. The van der Waals surface area contributed by atoms with Gasteiger partial charge in [-0.25, -0.2) is 4.79 Å². The Bertz CT molecular complexity index is 923. The van der Waals surface area contributed by atoms with Crippen molar-refractivity contribution in [2.24, 2.45) is 0 Å². The maximum absolute atomic E-state index is 12.9. The summed E-state index contributed by atoms with van der Waals surface area (Å²) in [6, 6.07) is 6.46. The third-order valence-electron chi connectivity index (χ3n) is 3.49. The molecule has 25 heavy (non-hydrogen) atoms. The quantitative estimate of drug-likeness (QED) is 0.634. The Morgan fingerprint density at radius 1 is 1.28 bits per heavy atom. The molecule has 5 nitrogen and oxygen atoms in total. The number of alkyl halides is 3. The molecule has 3 N–H and O–H groups in total. The second-order valence-corrected chi connectivity index (χ2v) is 5.61. The average Bonchev–Trinajstić information content (AvgIpc) is 3.01. The highest BCUT2D eigenvalue weighted by molar-refractivity contribution is 6.35. The Labute approximate surface area is 145 Å². The van der Waals surface area contributed by atoms with Crippen molar-refractivity contribution in [2.45, 2.75) is 12.7 Å². The number of nitrogens with zero attached hydrogens (tertiary/aromatic N) is 1. The molecule has 3 rings (SSSR count). The summed E-state index contributed by atoms with van der Waals surface area (Å²) in [6.07, 6.45) is -1.59. The summed E-state index contributed by atoms with van der Waals surface area (Å²) in [5.41, 5.74) is -0.00412. The lowest BCUT2D eigenvalue weighted by molar-refractivity contribution is -0.138. The van der Waals surface area contributed by atoms with E-state index in [1.165, 1.54) is 12.3 Å². The first-order valence-electron chi connectivity index (χ1n) is 7.17. The standard InChI is InChI=1S/C16H12ClF3N4O/c17-12-6-9(7-13-10(12)3-5-22-13)24-15(25)23-8-14-11(16(18,19)20)2-1-4-21-14/h1-7,22H,8H2,(H2,23,24,25). The number of hydrogen-bond donors (Lipinski definition) is 3. The average molecular weight is 369 g/mol. The van der Waals surface area contributed by atoms with Gasteiger partial charge in [0.25, 0.3) is 0 Å². The molecule has 9 heteroatoms. The summed E-state index contributed by atoms with van der Waals surface area (Å²) in [6.45, 7) is -0.361. The van der Waals surface area contributed by atoms with E-state index in [4.69, 9.17) is 11.6 Å². The number of fused-ring (bicyclic) bond motifs is 1. The molecule has 2 heterocycles. The molecular weight excluding hydrogens is 357 g/mol. The summed E-state index contributed by atoms with van der Waals surface area (Å²) in [7, 11) is 0. The highest BCUT2D eigenvalue weighted by Crippen LogP contribution is 2.31. The summed E-state index contributed by atoms with van der Waals surface area (Å²) in [5.74, 6) is 0. The SMILES string of the molecule is O=C(NCc1ncccc1C(F)(F)F)Nc1cc(Cl)c2cc[nH]c2c1. The van der Waals surface area contributed by atoms with Crippen LogP contribution in [-0.2, 0) is 12.7 Å². The molecule has 130 valence electrons. The van der Waals surface area contributed by atoms with Crippen LogP contribution in [0.3, 0.4) is 0 Å². The van der Waals surface area contributed by atoms with Crippen LogP contribution in [0.4, 0.5) is 23.7 Å². The lowest BCUT2D eigenvalue weighted by Gasteiger charge is -2.13. The van der Waals surface area contributed by atoms with E-state index >= 15 is 0 Å². The van der Waals surface area contributed by atoms with Crippen LogP contribution in [0.15, 0.2) is 42.7 Å². The molecule has 2 amide bonds. The number of rotatable bonds is 3. The molecule has 0 aliphatic carbocycles. The number of benzene rings is 1. The van der Waals surface area contributed by atoms with Gasteiger partial charge in [0, 0.05) is 29.0 Å². The Morgan fingerprint density at radius 2 is 2.08 bits per heavy atom. The molecule has 0 saturated carbocycles. The van der Waals surface area contributed by atoms with Crippen molar-refractivity contribution in [2.75, 3.05) is 5.32 Å². The number of pyridine rings is 1. The van der Waals surface area contributed by atoms with Crippen LogP contribution >= 0.6 is 11.6 Å². The fraction of sp³-hybridized carbons (Fsp3) is 0.125. The second-order valence-electron chi connectivity index (χ2n) is 5.20. The van der Waals surface area contributed by atoms with Gasteiger partial charge in [0.15, 0.2) is 0 Å². The number of aromatic nitrogens is 2. The van der Waals surface area contributed by atoms with Crippen LogP contribution in [0.5, 0.6) is 0 Å². The molecule has 0 spiro atoms. The molecule has 0 aliphatic rings. The van der Waals surface area contributed by atoms with Gasteiger partial charge in [-0.05, 0) is 30.3 Å². The Morgan fingerprint density at radius 3 is 2.84 bits per heavy atom. The molecule has 3 aromatic rings. The fourth-order valence-electron chi connectivity index (χ4n) is 2.37. The maximum atomic E-state index is 12.9. The van der Waals surface area contributed by atoms with Gasteiger partial charge in [-0.3, -0.25) is 4.98 Å². The van der Waals surface area contributed by atoms with Crippen LogP contribution < -0.4 is 10.6 Å². The first-order valence-corrected chi connectivity index (χ1v) is 7.55. The number of nitrogens with one attached hydrogen (secondary N) is 3. The predicted molar refractivity (Wildman–Crippen MR) is 88.4 cm³/mol. The van der Waals surface area contributed by atoms with E-state index in [0.717, 1.165) is 17.0 Å². The molecule has 0 atom stereocenters. The van der Waals surface area contributed by atoms with Crippen molar-refractivity contribution in [1.82, 2.24) is 15.3 Å². The monoisotopic (exact) mass is 368 g/mol. The van der Waals surface area contributed by atoms with E-state index < -0.39 is 17.8 Å². The molecular formula is C16H12ClF3N4O. The van der Waals surface area contributed by atoms with Crippen molar-refractivity contribution in [1.29, 1.82) is 0 Å². The molecule has 0 bridgehead atoms. The topological polar surface area (TPSA) is 69.8 Å². The van der Waals surface area contributed by atoms with Gasteiger partial charge in [0.2, 0.25) is 0 Å². The van der Waals surface area contributed by atoms with Gasteiger partial charge in [-0.2, -0.15) is 13.2 Å². The number of anilines is 1.